The van der Waals surface area contributed by atoms with Crippen molar-refractivity contribution in [1.29, 1.82) is 0 Å². The van der Waals surface area contributed by atoms with E-state index < -0.39 is 18.4 Å². The van der Waals surface area contributed by atoms with Crippen molar-refractivity contribution in [2.24, 2.45) is 0 Å². The van der Waals surface area contributed by atoms with Gasteiger partial charge in [-0.2, -0.15) is 0 Å². The van der Waals surface area contributed by atoms with Crippen LogP contribution in [-0.4, -0.2) is 22.5 Å². The van der Waals surface area contributed by atoms with Crippen LogP contribution in [0.25, 0.3) is 0 Å². The average molecular weight is 465 g/mol. The van der Waals surface area contributed by atoms with Gasteiger partial charge < -0.3 is 0 Å². The third kappa shape index (κ3) is 8.50. The summed E-state index contributed by atoms with van der Waals surface area (Å²) in [6.45, 7) is 9.13. The van der Waals surface area contributed by atoms with E-state index in [9.17, 15) is 0 Å². The molecule has 0 N–H and O–H groups in total. The first-order valence-electron chi connectivity index (χ1n) is 11.0. The van der Waals surface area contributed by atoms with Crippen LogP contribution in [-0.2, 0) is 11.2 Å². The van der Waals surface area contributed by atoms with Crippen molar-refractivity contribution >= 4 is 18.4 Å². The van der Waals surface area contributed by atoms with Crippen molar-refractivity contribution in [3.05, 3.63) is 48.2 Å². The van der Waals surface area contributed by atoms with Crippen molar-refractivity contribution in [2.75, 3.05) is 0 Å². The average Bonchev–Trinajstić information content (AvgIpc) is 2.69. The molecule has 0 aliphatic heterocycles. The normalized spacial score (nSPS) is 13.2. The fraction of sp³-hybridized carbons (Fsp3) is 0.667. The van der Waals surface area contributed by atoms with Gasteiger partial charge in [-0.15, -0.1) is 0 Å². The van der Waals surface area contributed by atoms with Gasteiger partial charge in [-0.1, -0.05) is 0 Å². The molecule has 2 heteroatoms. The summed E-state index contributed by atoms with van der Waals surface area (Å²) >= 11 is -2.36. The molecular weight excluding hydrogens is 423 g/mol. The molecule has 0 unspecified atom stereocenters. The van der Waals surface area contributed by atoms with Crippen LogP contribution in [0.4, 0.5) is 0 Å². The summed E-state index contributed by atoms with van der Waals surface area (Å²) in [5.74, 6) is 0. The Balaban J connectivity index is 3.01. The Morgan fingerprint density at radius 1 is 0.885 bits per heavy atom. The molecule has 0 bridgehead atoms. The van der Waals surface area contributed by atoms with Gasteiger partial charge in [0.15, 0.2) is 0 Å². The molecule has 1 aromatic rings. The van der Waals surface area contributed by atoms with E-state index >= 15 is 0 Å². The Morgan fingerprint density at radius 3 is 1.88 bits per heavy atom. The molecule has 0 heterocycles. The monoisotopic (exact) mass is 466 g/mol. The molecule has 0 fully saturated rings. The first kappa shape index (κ1) is 23.6. The molecule has 0 aromatic heterocycles. The van der Waals surface area contributed by atoms with E-state index in [1.807, 2.05) is 6.26 Å². The van der Waals surface area contributed by atoms with Gasteiger partial charge in [0, 0.05) is 0 Å². The Hall–Kier alpha value is -0.441. The van der Waals surface area contributed by atoms with Gasteiger partial charge in [-0.25, -0.2) is 0 Å². The Labute approximate surface area is 167 Å². The first-order chi connectivity index (χ1) is 12.7. The van der Waals surface area contributed by atoms with Crippen LogP contribution in [0.5, 0.6) is 0 Å². The summed E-state index contributed by atoms with van der Waals surface area (Å²) in [4.78, 5) is 0. The molecule has 148 valence electrons. The third-order valence-electron chi connectivity index (χ3n) is 5.68. The number of allylic oxidation sites excluding steroid dienone is 1. The van der Waals surface area contributed by atoms with E-state index in [4.69, 9.17) is 4.74 Å². The van der Waals surface area contributed by atoms with Crippen LogP contribution in [0.15, 0.2) is 42.7 Å². The predicted molar refractivity (Wildman–Crippen MR) is 119 cm³/mol. The van der Waals surface area contributed by atoms with Crippen molar-refractivity contribution in [1.82, 2.24) is 0 Å². The summed E-state index contributed by atoms with van der Waals surface area (Å²) in [5, 5.41) is 0. The minimum atomic E-state index is -2.36. The summed E-state index contributed by atoms with van der Waals surface area (Å²) < 4.78 is 11.6. The van der Waals surface area contributed by atoms with Crippen molar-refractivity contribution in [3.8, 4) is 0 Å². The van der Waals surface area contributed by atoms with Crippen LogP contribution in [0.2, 0.25) is 13.3 Å². The Morgan fingerprint density at radius 2 is 1.42 bits per heavy atom. The molecule has 0 amide bonds. The van der Waals surface area contributed by atoms with Crippen LogP contribution in [0.3, 0.4) is 0 Å². The minimum absolute atomic E-state index is 0.533. The van der Waals surface area contributed by atoms with E-state index in [2.05, 4.69) is 64.1 Å². The van der Waals surface area contributed by atoms with Gasteiger partial charge in [-0.3, -0.25) is 0 Å². The fourth-order valence-electron chi connectivity index (χ4n) is 4.08. The van der Waals surface area contributed by atoms with Gasteiger partial charge in [0.2, 0.25) is 0 Å². The number of unbranched alkanes of at least 4 members (excludes halogenated alkanes) is 3. The second kappa shape index (κ2) is 14.6. The summed E-state index contributed by atoms with van der Waals surface area (Å²) in [5.41, 5.74) is 1.46. The quantitative estimate of drug-likeness (QED) is 0.189. The Bertz CT molecular complexity index is 447. The molecule has 1 nitrogen and oxygen atoms in total. The maximum atomic E-state index is 6.48. The second-order valence-electron chi connectivity index (χ2n) is 7.79. The molecule has 0 aliphatic carbocycles. The van der Waals surface area contributed by atoms with E-state index in [1.165, 1.54) is 63.8 Å². The molecule has 26 heavy (non-hydrogen) atoms. The molecule has 1 aromatic carbocycles. The summed E-state index contributed by atoms with van der Waals surface area (Å²) in [6, 6.07) is 11.0. The molecule has 0 saturated carbocycles. The van der Waals surface area contributed by atoms with Crippen LogP contribution in [0, 0.1) is 0 Å². The van der Waals surface area contributed by atoms with Gasteiger partial charge in [0.05, 0.1) is 0 Å². The molecular formula is C24H42OSn. The number of hydrogen-bond donors (Lipinski definition) is 0. The zero-order valence-electron chi connectivity index (χ0n) is 17.8. The van der Waals surface area contributed by atoms with Gasteiger partial charge >= 0.3 is 168 Å². The number of hydrogen-bond acceptors (Lipinski definition) is 1. The number of aryl methyl sites for hydroxylation is 1. The maximum absolute atomic E-state index is 6.48. The molecule has 0 saturated heterocycles. The molecule has 1 atom stereocenters. The standard InChI is InChI=1S/C12H15O.3C4H9.Sn/c1-2-10-13-11-6-9-12-7-4-3-5-8-12;3*1-3-4-2;/h2-5,7-8,10-11H,6,9H2,1H3;3*1,3-4H2,2H3;/b10-2-;;;;. The molecule has 1 rings (SSSR count). The summed E-state index contributed by atoms with van der Waals surface area (Å²) in [6.07, 6.45) is 14.6. The van der Waals surface area contributed by atoms with Crippen molar-refractivity contribution < 1.29 is 4.74 Å². The van der Waals surface area contributed by atoms with Gasteiger partial charge in [0.25, 0.3) is 0 Å². The van der Waals surface area contributed by atoms with Gasteiger partial charge in [-0.05, 0) is 0 Å². The third-order valence-corrected chi connectivity index (χ3v) is 22.3. The second-order valence-corrected chi connectivity index (χ2v) is 21.7. The number of benzene rings is 1. The zero-order valence-corrected chi connectivity index (χ0v) is 20.7. The van der Waals surface area contributed by atoms with E-state index in [0.29, 0.717) is 4.12 Å². The summed E-state index contributed by atoms with van der Waals surface area (Å²) in [7, 11) is 0. The number of rotatable bonds is 15. The molecule has 0 spiro atoms. The van der Waals surface area contributed by atoms with E-state index in [0.717, 1.165) is 6.42 Å². The SMILES string of the molecule is C/C=C\O[C@@H](CCc1ccccc1)[Sn]([CH2]CCC)([CH2]CCC)[CH2]CCC. The fourth-order valence-corrected chi connectivity index (χ4v) is 21.2. The van der Waals surface area contributed by atoms with Crippen LogP contribution in [0.1, 0.15) is 78.2 Å². The zero-order chi connectivity index (χ0) is 19.1. The van der Waals surface area contributed by atoms with Gasteiger partial charge in [0.1, 0.15) is 0 Å². The molecule has 0 radical (unpaired) electrons. The van der Waals surface area contributed by atoms with Crippen LogP contribution < -0.4 is 0 Å². The van der Waals surface area contributed by atoms with E-state index in [-0.39, 0.29) is 0 Å². The predicted octanol–water partition coefficient (Wildman–Crippen LogP) is 7.93. The Kier molecular flexibility index (Phi) is 13.2. The van der Waals surface area contributed by atoms with Crippen LogP contribution >= 0.6 is 0 Å². The first-order valence-corrected chi connectivity index (χ1v) is 18.7. The number of ether oxygens (including phenoxy) is 1. The molecule has 0 aliphatic rings. The van der Waals surface area contributed by atoms with Crippen molar-refractivity contribution in [3.63, 3.8) is 0 Å². The topological polar surface area (TPSA) is 9.23 Å². The van der Waals surface area contributed by atoms with E-state index in [1.54, 1.807) is 0 Å². The van der Waals surface area contributed by atoms with Crippen molar-refractivity contribution in [2.45, 2.75) is 96.5 Å².